The van der Waals surface area contributed by atoms with Crippen molar-refractivity contribution < 1.29 is 0 Å². The molecule has 7 aromatic rings. The molecular formula is C59H55N. The predicted octanol–water partition coefficient (Wildman–Crippen LogP) is 15.9. The Hall–Kier alpha value is -5.40. The Balaban J connectivity index is 1.07. The van der Waals surface area contributed by atoms with E-state index in [0.29, 0.717) is 11.3 Å². The molecule has 0 aliphatic heterocycles. The van der Waals surface area contributed by atoms with Gasteiger partial charge in [0, 0.05) is 22.2 Å². The first-order valence-electron chi connectivity index (χ1n) is 23.2. The lowest BCUT2D eigenvalue weighted by Gasteiger charge is -2.92. The SMILES string of the molecule is CC(C)(C)c1ccc(N(c2ccc3c(c2)C2(c4ccccc4-3)C3CC4CC5CC2C453)c2ccccc2-c2cccc3cccc(C4CCCCC4)c23)c(-c2ccccc2)c1. The van der Waals surface area contributed by atoms with Gasteiger partial charge in [0.25, 0.3) is 0 Å². The molecule has 5 fully saturated rings. The summed E-state index contributed by atoms with van der Waals surface area (Å²) in [5, 5.41) is 2.79. The normalized spacial score (nSPS) is 26.8. The zero-order valence-electron chi connectivity index (χ0n) is 35.4. The molecule has 0 saturated heterocycles. The average molecular weight is 778 g/mol. The van der Waals surface area contributed by atoms with Crippen LogP contribution in [0.2, 0.25) is 0 Å². The highest BCUT2D eigenvalue weighted by Crippen LogP contribution is 2.94. The molecule has 6 aliphatic rings. The van der Waals surface area contributed by atoms with E-state index in [-0.39, 0.29) is 10.8 Å². The summed E-state index contributed by atoms with van der Waals surface area (Å²) >= 11 is 0. The molecule has 6 aliphatic carbocycles. The van der Waals surface area contributed by atoms with Gasteiger partial charge < -0.3 is 4.90 Å². The molecule has 7 aromatic carbocycles. The van der Waals surface area contributed by atoms with Crippen molar-refractivity contribution in [3.63, 3.8) is 0 Å². The molecule has 1 heteroatoms. The highest BCUT2D eigenvalue weighted by atomic mass is 15.1. The molecule has 4 atom stereocenters. The molecule has 0 aromatic heterocycles. The molecule has 60 heavy (non-hydrogen) atoms. The van der Waals surface area contributed by atoms with Gasteiger partial charge in [-0.05, 0) is 158 Å². The van der Waals surface area contributed by atoms with Gasteiger partial charge in [-0.1, -0.05) is 161 Å². The average Bonchev–Trinajstić information content (AvgIpc) is 3.56. The zero-order chi connectivity index (χ0) is 40.0. The van der Waals surface area contributed by atoms with Crippen molar-refractivity contribution in [2.75, 3.05) is 4.90 Å². The van der Waals surface area contributed by atoms with Crippen LogP contribution in [0.5, 0.6) is 0 Å². The highest BCUT2D eigenvalue weighted by molar-refractivity contribution is 6.04. The van der Waals surface area contributed by atoms with Gasteiger partial charge in [-0.3, -0.25) is 0 Å². The van der Waals surface area contributed by atoms with Crippen LogP contribution >= 0.6 is 0 Å². The third kappa shape index (κ3) is 4.49. The fourth-order valence-electron chi connectivity index (χ4n) is 14.8. The number of rotatable bonds is 6. The Bertz CT molecular complexity index is 2840. The van der Waals surface area contributed by atoms with Crippen LogP contribution in [0.25, 0.3) is 44.2 Å². The van der Waals surface area contributed by atoms with Gasteiger partial charge in [0.05, 0.1) is 11.4 Å². The van der Waals surface area contributed by atoms with Crippen LogP contribution in [-0.4, -0.2) is 0 Å². The molecule has 0 amide bonds. The first-order valence-corrected chi connectivity index (χ1v) is 23.2. The molecular weight excluding hydrogens is 723 g/mol. The Morgan fingerprint density at radius 2 is 1.18 bits per heavy atom. The van der Waals surface area contributed by atoms with Crippen molar-refractivity contribution >= 4 is 27.8 Å². The van der Waals surface area contributed by atoms with Crippen molar-refractivity contribution in [1.29, 1.82) is 0 Å². The fourth-order valence-corrected chi connectivity index (χ4v) is 14.8. The maximum Gasteiger partial charge on any atom is 0.0540 e. The van der Waals surface area contributed by atoms with Crippen LogP contribution in [0.4, 0.5) is 17.1 Å². The van der Waals surface area contributed by atoms with E-state index in [9.17, 15) is 0 Å². The molecule has 13 rings (SSSR count). The van der Waals surface area contributed by atoms with Gasteiger partial charge in [-0.15, -0.1) is 0 Å². The monoisotopic (exact) mass is 777 g/mol. The Labute approximate surface area is 356 Å². The number of hydrogen-bond acceptors (Lipinski definition) is 1. The summed E-state index contributed by atoms with van der Waals surface area (Å²) in [6, 6.07) is 59.1. The second-order valence-electron chi connectivity index (χ2n) is 20.6. The second-order valence-corrected chi connectivity index (χ2v) is 20.6. The first-order chi connectivity index (χ1) is 29.4. The lowest BCUT2D eigenvalue weighted by Crippen LogP contribution is -2.88. The number of para-hydroxylation sites is 1. The minimum Gasteiger partial charge on any atom is -0.309 e. The smallest absolute Gasteiger partial charge is 0.0540 e. The molecule has 5 saturated carbocycles. The summed E-state index contributed by atoms with van der Waals surface area (Å²) in [5.74, 6) is 4.13. The predicted molar refractivity (Wildman–Crippen MR) is 250 cm³/mol. The number of benzene rings is 7. The zero-order valence-corrected chi connectivity index (χ0v) is 35.4. The third-order valence-electron chi connectivity index (χ3n) is 17.3. The summed E-state index contributed by atoms with van der Waals surface area (Å²) in [6.45, 7) is 7.03. The van der Waals surface area contributed by atoms with E-state index in [2.05, 4.69) is 177 Å². The maximum absolute atomic E-state index is 2.68. The van der Waals surface area contributed by atoms with Gasteiger partial charge in [-0.2, -0.15) is 0 Å². The van der Waals surface area contributed by atoms with Crippen LogP contribution in [0.15, 0.2) is 152 Å². The molecule has 0 bridgehead atoms. The third-order valence-corrected chi connectivity index (χ3v) is 17.3. The number of anilines is 3. The van der Waals surface area contributed by atoms with Gasteiger partial charge >= 0.3 is 0 Å². The van der Waals surface area contributed by atoms with E-state index >= 15 is 0 Å². The quantitative estimate of drug-likeness (QED) is 0.163. The van der Waals surface area contributed by atoms with E-state index in [1.807, 2.05) is 0 Å². The lowest BCUT2D eigenvalue weighted by atomic mass is 9.11. The van der Waals surface area contributed by atoms with Crippen LogP contribution < -0.4 is 4.90 Å². The van der Waals surface area contributed by atoms with E-state index in [1.165, 1.54) is 124 Å². The van der Waals surface area contributed by atoms with E-state index in [0.717, 1.165) is 23.7 Å². The van der Waals surface area contributed by atoms with Crippen molar-refractivity contribution in [1.82, 2.24) is 0 Å². The van der Waals surface area contributed by atoms with E-state index in [1.54, 1.807) is 11.1 Å². The van der Waals surface area contributed by atoms with Crippen molar-refractivity contribution in [3.8, 4) is 33.4 Å². The molecule has 0 heterocycles. The van der Waals surface area contributed by atoms with Crippen LogP contribution in [-0.2, 0) is 10.8 Å². The van der Waals surface area contributed by atoms with E-state index < -0.39 is 0 Å². The fraction of sp³-hybridized carbons (Fsp3) is 0.322. The number of fused-ring (bicyclic) bond motifs is 8. The van der Waals surface area contributed by atoms with Crippen LogP contribution in [0, 0.1) is 29.1 Å². The van der Waals surface area contributed by atoms with Gasteiger partial charge in [0.15, 0.2) is 0 Å². The van der Waals surface area contributed by atoms with Gasteiger partial charge in [0.1, 0.15) is 0 Å². The summed E-state index contributed by atoms with van der Waals surface area (Å²) in [4.78, 5) is 2.66. The Morgan fingerprint density at radius 1 is 0.517 bits per heavy atom. The first kappa shape index (κ1) is 35.4. The molecule has 296 valence electrons. The molecule has 0 N–H and O–H groups in total. The second kappa shape index (κ2) is 12.6. The molecule has 4 unspecified atom stereocenters. The summed E-state index contributed by atoms with van der Waals surface area (Å²) in [6.07, 6.45) is 10.9. The highest BCUT2D eigenvalue weighted by Gasteiger charge is 2.90. The molecule has 2 spiro atoms. The minimum absolute atomic E-state index is 0.0119. The topological polar surface area (TPSA) is 3.24 Å². The molecule has 1 nitrogen and oxygen atoms in total. The van der Waals surface area contributed by atoms with Crippen molar-refractivity contribution in [2.45, 2.75) is 88.9 Å². The maximum atomic E-state index is 2.68. The van der Waals surface area contributed by atoms with E-state index in [4.69, 9.17) is 0 Å². The minimum atomic E-state index is 0.0119. The van der Waals surface area contributed by atoms with Crippen LogP contribution in [0.1, 0.15) is 100 Å². The standard InChI is InChI=1S/C59H55N/c1-57(2,3)40-28-31-53(49(33-40)38-18-8-5-9-19-38)60(52-27-13-11-23-47(52)48-25-15-21-39-20-14-24-44(56(39)48)37-16-6-4-7-17-37)43-29-30-46-45-22-10-12-26-50(45)59(51(46)36-43)54-34-41-32-42-35-55(59)58(41,42)54/h5,8-15,18-31,33,36-37,41-42,54-55H,4,6-7,16-17,32,34-35H2,1-3H3. The summed E-state index contributed by atoms with van der Waals surface area (Å²) < 4.78 is 0. The van der Waals surface area contributed by atoms with Gasteiger partial charge in [0.2, 0.25) is 0 Å². The summed E-state index contributed by atoms with van der Waals surface area (Å²) in [5.41, 5.74) is 18.8. The summed E-state index contributed by atoms with van der Waals surface area (Å²) in [7, 11) is 0. The molecule has 0 radical (unpaired) electrons. The number of nitrogens with zero attached hydrogens (tertiary/aromatic N) is 1. The largest absolute Gasteiger partial charge is 0.309 e. The number of hydrogen-bond donors (Lipinski definition) is 0. The van der Waals surface area contributed by atoms with Crippen LogP contribution in [0.3, 0.4) is 0 Å². The lowest BCUT2D eigenvalue weighted by molar-refractivity contribution is -0.412. The Morgan fingerprint density at radius 3 is 1.95 bits per heavy atom. The van der Waals surface area contributed by atoms with Gasteiger partial charge in [-0.25, -0.2) is 0 Å². The van der Waals surface area contributed by atoms with Crippen molar-refractivity contribution in [3.05, 3.63) is 174 Å². The van der Waals surface area contributed by atoms with Crippen molar-refractivity contribution in [2.24, 2.45) is 29.1 Å². The Kier molecular flexibility index (Phi) is 7.41.